The highest BCUT2D eigenvalue weighted by molar-refractivity contribution is 5.78. The van der Waals surface area contributed by atoms with Crippen molar-refractivity contribution in [3.8, 4) is 0 Å². The molecule has 1 heterocycles. The van der Waals surface area contributed by atoms with Gasteiger partial charge < -0.3 is 10.6 Å². The van der Waals surface area contributed by atoms with Gasteiger partial charge in [-0.15, -0.1) is 0 Å². The zero-order chi connectivity index (χ0) is 12.4. The van der Waals surface area contributed by atoms with E-state index in [1.165, 1.54) is 19.3 Å². The van der Waals surface area contributed by atoms with Crippen LogP contribution in [0.2, 0.25) is 0 Å². The quantitative estimate of drug-likeness (QED) is 0.890. The molecule has 0 aliphatic heterocycles. The summed E-state index contributed by atoms with van der Waals surface area (Å²) >= 11 is 0. The normalized spacial score (nSPS) is 15.6. The number of hydrogen-bond donors (Lipinski definition) is 1. The first-order chi connectivity index (χ1) is 8.88. The molecule has 0 bridgehead atoms. The van der Waals surface area contributed by atoms with Crippen LogP contribution in [-0.2, 0) is 0 Å². The van der Waals surface area contributed by atoms with Gasteiger partial charge in [0, 0.05) is 30.7 Å². The lowest BCUT2D eigenvalue weighted by atomic mass is 9.91. The van der Waals surface area contributed by atoms with E-state index in [0.29, 0.717) is 12.6 Å². The van der Waals surface area contributed by atoms with Crippen molar-refractivity contribution in [1.29, 1.82) is 0 Å². The number of rotatable bonds is 4. The summed E-state index contributed by atoms with van der Waals surface area (Å²) in [6, 6.07) is 8.66. The average molecular weight is 242 g/mol. The molecule has 4 nitrogen and oxygen atoms in total. The molecule has 0 unspecified atom stereocenters. The fourth-order valence-corrected chi connectivity index (χ4v) is 2.38. The van der Waals surface area contributed by atoms with Crippen LogP contribution in [0.15, 0.2) is 30.5 Å². The van der Waals surface area contributed by atoms with Gasteiger partial charge in [-0.2, -0.15) is 0 Å². The topological polar surface area (TPSA) is 55.0 Å². The van der Waals surface area contributed by atoms with Crippen LogP contribution in [-0.4, -0.2) is 29.1 Å². The predicted molar refractivity (Wildman–Crippen MR) is 73.6 cm³/mol. The second-order valence-electron chi connectivity index (χ2n) is 4.80. The molecule has 2 aromatic rings. The first-order valence-corrected chi connectivity index (χ1v) is 6.57. The standard InChI is InChI=1S/C14H18N4/c15-8-9-18(12-5-3-6-12)14-16-10-11-4-1-2-7-13(11)17-14/h1-2,4,7,10,12H,3,5-6,8-9,15H2. The Morgan fingerprint density at radius 1 is 1.28 bits per heavy atom. The van der Waals surface area contributed by atoms with Crippen molar-refractivity contribution in [1.82, 2.24) is 9.97 Å². The molecular weight excluding hydrogens is 224 g/mol. The number of para-hydroxylation sites is 1. The van der Waals surface area contributed by atoms with Crippen LogP contribution < -0.4 is 10.6 Å². The largest absolute Gasteiger partial charge is 0.337 e. The van der Waals surface area contributed by atoms with E-state index in [4.69, 9.17) is 5.73 Å². The predicted octanol–water partition coefficient (Wildman–Crippen LogP) is 1.95. The zero-order valence-corrected chi connectivity index (χ0v) is 10.4. The molecule has 1 aromatic heterocycles. The molecule has 1 aromatic carbocycles. The van der Waals surface area contributed by atoms with Crippen molar-refractivity contribution in [2.24, 2.45) is 5.73 Å². The Balaban J connectivity index is 1.95. The third-order valence-electron chi connectivity index (χ3n) is 3.62. The second kappa shape index (κ2) is 4.90. The average Bonchev–Trinajstić information content (AvgIpc) is 2.35. The number of aromatic nitrogens is 2. The Kier molecular flexibility index (Phi) is 3.11. The molecule has 3 rings (SSSR count). The molecule has 18 heavy (non-hydrogen) atoms. The van der Waals surface area contributed by atoms with Crippen molar-refractivity contribution >= 4 is 16.9 Å². The molecule has 0 spiro atoms. The maximum absolute atomic E-state index is 5.70. The summed E-state index contributed by atoms with van der Waals surface area (Å²) in [4.78, 5) is 11.4. The number of fused-ring (bicyclic) bond motifs is 1. The van der Waals surface area contributed by atoms with Gasteiger partial charge in [-0.3, -0.25) is 0 Å². The number of nitrogens with two attached hydrogens (primary N) is 1. The van der Waals surface area contributed by atoms with Gasteiger partial charge in [0.2, 0.25) is 5.95 Å². The van der Waals surface area contributed by atoms with Gasteiger partial charge in [0.05, 0.1) is 5.52 Å². The minimum absolute atomic E-state index is 0.578. The fraction of sp³-hybridized carbons (Fsp3) is 0.429. The van der Waals surface area contributed by atoms with E-state index >= 15 is 0 Å². The lowest BCUT2D eigenvalue weighted by molar-refractivity contribution is 0.384. The number of anilines is 1. The smallest absolute Gasteiger partial charge is 0.226 e. The highest BCUT2D eigenvalue weighted by atomic mass is 15.3. The SMILES string of the molecule is NCCN(c1ncc2ccccc2n1)C1CCC1. The number of benzene rings is 1. The Hall–Kier alpha value is -1.68. The van der Waals surface area contributed by atoms with Crippen LogP contribution in [0.3, 0.4) is 0 Å². The maximum Gasteiger partial charge on any atom is 0.226 e. The third kappa shape index (κ3) is 2.04. The van der Waals surface area contributed by atoms with Gasteiger partial charge in [-0.25, -0.2) is 9.97 Å². The highest BCUT2D eigenvalue weighted by Crippen LogP contribution is 2.27. The van der Waals surface area contributed by atoms with E-state index in [2.05, 4.69) is 14.9 Å². The van der Waals surface area contributed by atoms with E-state index in [1.54, 1.807) is 0 Å². The fourth-order valence-electron chi connectivity index (χ4n) is 2.38. The lowest BCUT2D eigenvalue weighted by Gasteiger charge is -2.37. The minimum atomic E-state index is 0.578. The highest BCUT2D eigenvalue weighted by Gasteiger charge is 2.26. The van der Waals surface area contributed by atoms with Crippen LogP contribution in [0.5, 0.6) is 0 Å². The molecule has 0 atom stereocenters. The molecule has 4 heteroatoms. The van der Waals surface area contributed by atoms with Crippen LogP contribution in [0.1, 0.15) is 19.3 Å². The number of nitrogens with zero attached hydrogens (tertiary/aromatic N) is 3. The van der Waals surface area contributed by atoms with E-state index in [9.17, 15) is 0 Å². The van der Waals surface area contributed by atoms with Gasteiger partial charge in [-0.1, -0.05) is 18.2 Å². The number of hydrogen-bond acceptors (Lipinski definition) is 4. The Morgan fingerprint density at radius 3 is 2.83 bits per heavy atom. The van der Waals surface area contributed by atoms with E-state index in [1.807, 2.05) is 30.5 Å². The molecule has 1 saturated carbocycles. The molecule has 0 amide bonds. The lowest BCUT2D eigenvalue weighted by Crippen LogP contribution is -2.43. The summed E-state index contributed by atoms with van der Waals surface area (Å²) in [5.74, 6) is 0.823. The van der Waals surface area contributed by atoms with E-state index in [-0.39, 0.29) is 0 Å². The molecule has 94 valence electrons. The maximum atomic E-state index is 5.70. The molecule has 1 aliphatic carbocycles. The van der Waals surface area contributed by atoms with Crippen molar-refractivity contribution in [3.63, 3.8) is 0 Å². The molecule has 0 saturated heterocycles. The first-order valence-electron chi connectivity index (χ1n) is 6.57. The van der Waals surface area contributed by atoms with Crippen molar-refractivity contribution in [2.45, 2.75) is 25.3 Å². The summed E-state index contributed by atoms with van der Waals surface area (Å²) in [6.45, 7) is 1.48. The molecular formula is C14H18N4. The molecule has 2 N–H and O–H groups in total. The minimum Gasteiger partial charge on any atom is -0.337 e. The second-order valence-corrected chi connectivity index (χ2v) is 4.80. The van der Waals surface area contributed by atoms with Crippen LogP contribution in [0, 0.1) is 0 Å². The van der Waals surface area contributed by atoms with Gasteiger partial charge in [0.25, 0.3) is 0 Å². The summed E-state index contributed by atoms with van der Waals surface area (Å²) in [5.41, 5.74) is 6.70. The Labute approximate surface area is 107 Å². The first kappa shape index (κ1) is 11.4. The van der Waals surface area contributed by atoms with Gasteiger partial charge in [0.15, 0.2) is 0 Å². The van der Waals surface area contributed by atoms with Crippen LogP contribution in [0.4, 0.5) is 5.95 Å². The van der Waals surface area contributed by atoms with Gasteiger partial charge >= 0.3 is 0 Å². The van der Waals surface area contributed by atoms with Gasteiger partial charge in [0.1, 0.15) is 0 Å². The van der Waals surface area contributed by atoms with E-state index in [0.717, 1.165) is 23.4 Å². The van der Waals surface area contributed by atoms with Crippen molar-refractivity contribution in [3.05, 3.63) is 30.5 Å². The molecule has 1 fully saturated rings. The van der Waals surface area contributed by atoms with Gasteiger partial charge in [-0.05, 0) is 25.3 Å². The van der Waals surface area contributed by atoms with Crippen LogP contribution in [0.25, 0.3) is 10.9 Å². The van der Waals surface area contributed by atoms with Crippen LogP contribution >= 0.6 is 0 Å². The molecule has 1 aliphatic rings. The summed E-state index contributed by atoms with van der Waals surface area (Å²) in [6.07, 6.45) is 5.67. The molecule has 0 radical (unpaired) electrons. The monoisotopic (exact) mass is 242 g/mol. The summed E-state index contributed by atoms with van der Waals surface area (Å²) < 4.78 is 0. The van der Waals surface area contributed by atoms with Crippen molar-refractivity contribution < 1.29 is 0 Å². The summed E-state index contributed by atoms with van der Waals surface area (Å²) in [5, 5.41) is 1.09. The van der Waals surface area contributed by atoms with E-state index < -0.39 is 0 Å². The Bertz CT molecular complexity index is 536. The Morgan fingerprint density at radius 2 is 2.11 bits per heavy atom. The third-order valence-corrected chi connectivity index (χ3v) is 3.62. The summed E-state index contributed by atoms with van der Waals surface area (Å²) in [7, 11) is 0. The zero-order valence-electron chi connectivity index (χ0n) is 10.4. The van der Waals surface area contributed by atoms with Crippen molar-refractivity contribution in [2.75, 3.05) is 18.0 Å².